The largest absolute Gasteiger partial charge is 0.385 e. The number of carbonyl (C=O) groups is 1. The Labute approximate surface area is 97.5 Å². The second kappa shape index (κ2) is 7.60. The summed E-state index contributed by atoms with van der Waals surface area (Å²) in [7, 11) is 3.64. The highest BCUT2D eigenvalue weighted by Gasteiger charge is 2.22. The van der Waals surface area contributed by atoms with Crippen molar-refractivity contribution in [1.82, 2.24) is 15.5 Å². The molecule has 5 heteroatoms. The van der Waals surface area contributed by atoms with Crippen molar-refractivity contribution in [2.75, 3.05) is 46.9 Å². The van der Waals surface area contributed by atoms with Gasteiger partial charge in [0.2, 0.25) is 5.91 Å². The average Bonchev–Trinajstić information content (AvgIpc) is 2.72. The first-order chi connectivity index (χ1) is 7.76. The van der Waals surface area contributed by atoms with Gasteiger partial charge in [0.1, 0.15) is 0 Å². The Bertz CT molecular complexity index is 211. The highest BCUT2D eigenvalue weighted by atomic mass is 16.5. The lowest BCUT2D eigenvalue weighted by molar-refractivity contribution is -0.122. The Morgan fingerprint density at radius 1 is 1.56 bits per heavy atom. The van der Waals surface area contributed by atoms with Crippen molar-refractivity contribution in [2.24, 2.45) is 0 Å². The first-order valence-electron chi connectivity index (χ1n) is 5.91. The molecule has 0 aromatic carbocycles. The topological polar surface area (TPSA) is 53.6 Å². The second-order valence-electron chi connectivity index (χ2n) is 4.21. The maximum Gasteiger partial charge on any atom is 0.234 e. The summed E-state index contributed by atoms with van der Waals surface area (Å²) in [6.07, 6.45) is 2.01. The van der Waals surface area contributed by atoms with E-state index in [1.165, 1.54) is 0 Å². The summed E-state index contributed by atoms with van der Waals surface area (Å²) in [4.78, 5) is 13.7. The number of carbonyl (C=O) groups excluding carboxylic acids is 1. The van der Waals surface area contributed by atoms with Gasteiger partial charge in [0.15, 0.2) is 0 Å². The van der Waals surface area contributed by atoms with E-state index < -0.39 is 0 Å². The monoisotopic (exact) mass is 229 g/mol. The van der Waals surface area contributed by atoms with Crippen molar-refractivity contribution in [2.45, 2.75) is 18.9 Å². The molecule has 0 aliphatic carbocycles. The smallest absolute Gasteiger partial charge is 0.234 e. The highest BCUT2D eigenvalue weighted by Crippen LogP contribution is 2.07. The van der Waals surface area contributed by atoms with Gasteiger partial charge in [-0.05, 0) is 19.9 Å². The Morgan fingerprint density at radius 2 is 2.38 bits per heavy atom. The van der Waals surface area contributed by atoms with Crippen molar-refractivity contribution < 1.29 is 9.53 Å². The third kappa shape index (κ3) is 4.92. The van der Waals surface area contributed by atoms with E-state index >= 15 is 0 Å². The standard InChI is InChI=1S/C11H23N3O2/c1-12-10-4-6-14(8-10)9-11(15)13-5-3-7-16-2/h10,12H,3-9H2,1-2H3,(H,13,15). The number of ether oxygens (including phenoxy) is 1. The fourth-order valence-corrected chi connectivity index (χ4v) is 1.92. The third-order valence-corrected chi connectivity index (χ3v) is 2.90. The van der Waals surface area contributed by atoms with Gasteiger partial charge in [-0.15, -0.1) is 0 Å². The molecule has 0 saturated carbocycles. The quantitative estimate of drug-likeness (QED) is 0.574. The maximum absolute atomic E-state index is 11.5. The number of methoxy groups -OCH3 is 1. The van der Waals surface area contributed by atoms with Crippen LogP contribution in [-0.4, -0.2) is 63.8 Å². The maximum atomic E-state index is 11.5. The number of nitrogens with zero attached hydrogens (tertiary/aromatic N) is 1. The number of amides is 1. The summed E-state index contributed by atoms with van der Waals surface area (Å²) in [5, 5.41) is 6.13. The van der Waals surface area contributed by atoms with Crippen LogP contribution in [0.5, 0.6) is 0 Å². The number of nitrogens with one attached hydrogen (secondary N) is 2. The van der Waals surface area contributed by atoms with Crippen LogP contribution in [0.4, 0.5) is 0 Å². The molecular weight excluding hydrogens is 206 g/mol. The first-order valence-corrected chi connectivity index (χ1v) is 5.91. The van der Waals surface area contributed by atoms with Gasteiger partial charge in [0, 0.05) is 39.4 Å². The molecule has 0 aromatic rings. The van der Waals surface area contributed by atoms with Gasteiger partial charge in [-0.2, -0.15) is 0 Å². The first kappa shape index (κ1) is 13.4. The molecular formula is C11H23N3O2. The number of hydrogen-bond acceptors (Lipinski definition) is 4. The molecule has 1 aliphatic rings. The van der Waals surface area contributed by atoms with Crippen LogP contribution in [0.1, 0.15) is 12.8 Å². The van der Waals surface area contributed by atoms with Crippen LogP contribution in [0.3, 0.4) is 0 Å². The summed E-state index contributed by atoms with van der Waals surface area (Å²) in [5.74, 6) is 0.118. The molecule has 1 fully saturated rings. The van der Waals surface area contributed by atoms with Gasteiger partial charge >= 0.3 is 0 Å². The number of rotatable bonds is 7. The molecule has 1 amide bonds. The minimum Gasteiger partial charge on any atom is -0.385 e. The highest BCUT2D eigenvalue weighted by molar-refractivity contribution is 5.78. The van der Waals surface area contributed by atoms with E-state index in [0.717, 1.165) is 25.9 Å². The molecule has 16 heavy (non-hydrogen) atoms. The predicted octanol–water partition coefficient (Wildman–Crippen LogP) is -0.567. The van der Waals surface area contributed by atoms with Crippen molar-refractivity contribution in [3.63, 3.8) is 0 Å². The van der Waals surface area contributed by atoms with E-state index in [9.17, 15) is 4.79 Å². The molecule has 5 nitrogen and oxygen atoms in total. The molecule has 1 unspecified atom stereocenters. The Morgan fingerprint density at radius 3 is 3.00 bits per heavy atom. The fourth-order valence-electron chi connectivity index (χ4n) is 1.92. The predicted molar refractivity (Wildman–Crippen MR) is 63.4 cm³/mol. The van der Waals surface area contributed by atoms with Gasteiger partial charge in [0.25, 0.3) is 0 Å². The van der Waals surface area contributed by atoms with E-state index in [-0.39, 0.29) is 5.91 Å². The van der Waals surface area contributed by atoms with Crippen LogP contribution in [0.2, 0.25) is 0 Å². The Kier molecular flexibility index (Phi) is 6.37. The molecule has 1 aliphatic heterocycles. The van der Waals surface area contributed by atoms with Gasteiger partial charge in [-0.25, -0.2) is 0 Å². The molecule has 1 atom stereocenters. The van der Waals surface area contributed by atoms with Crippen LogP contribution in [0, 0.1) is 0 Å². The van der Waals surface area contributed by atoms with Crippen molar-refractivity contribution in [1.29, 1.82) is 0 Å². The molecule has 0 radical (unpaired) electrons. The Hall–Kier alpha value is -0.650. The SMILES string of the molecule is CNC1CCN(CC(=O)NCCCOC)C1. The van der Waals surface area contributed by atoms with E-state index in [1.807, 2.05) is 7.05 Å². The van der Waals surface area contributed by atoms with E-state index in [4.69, 9.17) is 4.74 Å². The van der Waals surface area contributed by atoms with Crippen LogP contribution in [0.15, 0.2) is 0 Å². The lowest BCUT2D eigenvalue weighted by atomic mass is 10.3. The lowest BCUT2D eigenvalue weighted by Gasteiger charge is -2.15. The van der Waals surface area contributed by atoms with Crippen LogP contribution in [-0.2, 0) is 9.53 Å². The van der Waals surface area contributed by atoms with E-state index in [1.54, 1.807) is 7.11 Å². The minimum atomic E-state index is 0.118. The number of likely N-dealkylation sites (tertiary alicyclic amines) is 1. The second-order valence-corrected chi connectivity index (χ2v) is 4.21. The van der Waals surface area contributed by atoms with Crippen molar-refractivity contribution in [3.8, 4) is 0 Å². The summed E-state index contributed by atoms with van der Waals surface area (Å²) < 4.78 is 4.92. The van der Waals surface area contributed by atoms with Gasteiger partial charge in [-0.1, -0.05) is 0 Å². The summed E-state index contributed by atoms with van der Waals surface area (Å²) in [6, 6.07) is 0.543. The van der Waals surface area contributed by atoms with E-state index in [0.29, 0.717) is 25.7 Å². The zero-order valence-electron chi connectivity index (χ0n) is 10.3. The van der Waals surface area contributed by atoms with Crippen molar-refractivity contribution in [3.05, 3.63) is 0 Å². The Balaban J connectivity index is 2.06. The molecule has 1 rings (SSSR count). The van der Waals surface area contributed by atoms with Crippen LogP contribution < -0.4 is 10.6 Å². The number of likely N-dealkylation sites (N-methyl/N-ethyl adjacent to an activating group) is 1. The summed E-state index contributed by atoms with van der Waals surface area (Å²) >= 11 is 0. The summed E-state index contributed by atoms with van der Waals surface area (Å²) in [6.45, 7) is 3.91. The van der Waals surface area contributed by atoms with Gasteiger partial charge in [-0.3, -0.25) is 9.69 Å². The van der Waals surface area contributed by atoms with Crippen LogP contribution >= 0.6 is 0 Å². The molecule has 1 heterocycles. The summed E-state index contributed by atoms with van der Waals surface area (Å²) in [5.41, 5.74) is 0. The van der Waals surface area contributed by atoms with Gasteiger partial charge in [0.05, 0.1) is 6.54 Å². The zero-order chi connectivity index (χ0) is 11.8. The van der Waals surface area contributed by atoms with Crippen molar-refractivity contribution >= 4 is 5.91 Å². The molecule has 2 N–H and O–H groups in total. The normalized spacial score (nSPS) is 21.2. The van der Waals surface area contributed by atoms with Gasteiger partial charge < -0.3 is 15.4 Å². The number of hydrogen-bond donors (Lipinski definition) is 2. The minimum absolute atomic E-state index is 0.118. The molecule has 0 aromatic heterocycles. The molecule has 0 bridgehead atoms. The van der Waals surface area contributed by atoms with Crippen LogP contribution in [0.25, 0.3) is 0 Å². The lowest BCUT2D eigenvalue weighted by Crippen LogP contribution is -2.38. The third-order valence-electron chi connectivity index (χ3n) is 2.90. The zero-order valence-corrected chi connectivity index (χ0v) is 10.3. The molecule has 94 valence electrons. The fraction of sp³-hybridized carbons (Fsp3) is 0.909. The average molecular weight is 229 g/mol. The van der Waals surface area contributed by atoms with E-state index in [2.05, 4.69) is 15.5 Å². The molecule has 0 spiro atoms. The molecule has 1 saturated heterocycles.